The smallest absolute Gasteiger partial charge is 0.179 e. The van der Waals surface area contributed by atoms with Crippen molar-refractivity contribution in [3.05, 3.63) is 29.8 Å². The van der Waals surface area contributed by atoms with Crippen LogP contribution < -0.4 is 5.32 Å². The molecule has 0 atom stereocenters. The van der Waals surface area contributed by atoms with Gasteiger partial charge in [-0.3, -0.25) is 0 Å². The lowest BCUT2D eigenvalue weighted by Gasteiger charge is -2.18. The van der Waals surface area contributed by atoms with E-state index in [2.05, 4.69) is 26.1 Å². The third-order valence-electron chi connectivity index (χ3n) is 2.98. The number of nitrogens with one attached hydrogen (secondary N) is 1. The Morgan fingerprint density at radius 1 is 1.05 bits per heavy atom. The Hall–Kier alpha value is -0.870. The lowest BCUT2D eigenvalue weighted by Crippen LogP contribution is -2.26. The molecule has 0 fully saturated rings. The second kappa shape index (κ2) is 6.53. The minimum absolute atomic E-state index is 0.153. The van der Waals surface area contributed by atoms with E-state index in [4.69, 9.17) is 0 Å². The van der Waals surface area contributed by atoms with E-state index >= 15 is 0 Å². The molecule has 0 aliphatic rings. The SMILES string of the molecule is Cc1ccc(S(=O)(=O)CCNCCC(C)(C)C)cc1. The molecule has 19 heavy (non-hydrogen) atoms. The van der Waals surface area contributed by atoms with E-state index in [1.54, 1.807) is 12.1 Å². The average molecular weight is 283 g/mol. The van der Waals surface area contributed by atoms with Crippen molar-refractivity contribution in [2.45, 2.75) is 39.0 Å². The van der Waals surface area contributed by atoms with Crippen LogP contribution in [0.25, 0.3) is 0 Å². The van der Waals surface area contributed by atoms with Crippen LogP contribution in [0.3, 0.4) is 0 Å². The zero-order valence-electron chi connectivity index (χ0n) is 12.4. The van der Waals surface area contributed by atoms with E-state index in [0.717, 1.165) is 18.5 Å². The van der Waals surface area contributed by atoms with Gasteiger partial charge in [-0.25, -0.2) is 8.42 Å². The fourth-order valence-electron chi connectivity index (χ4n) is 1.66. The Labute approximate surface area is 117 Å². The van der Waals surface area contributed by atoms with Crippen LogP contribution in [0.5, 0.6) is 0 Å². The zero-order valence-corrected chi connectivity index (χ0v) is 13.2. The quantitative estimate of drug-likeness (QED) is 0.817. The molecule has 108 valence electrons. The zero-order chi connectivity index (χ0) is 14.5. The Morgan fingerprint density at radius 2 is 1.63 bits per heavy atom. The molecule has 4 heteroatoms. The number of hydrogen-bond donors (Lipinski definition) is 1. The minimum Gasteiger partial charge on any atom is -0.316 e. The van der Waals surface area contributed by atoms with E-state index in [-0.39, 0.29) is 11.2 Å². The first kappa shape index (κ1) is 16.2. The maximum absolute atomic E-state index is 12.1. The van der Waals surface area contributed by atoms with Gasteiger partial charge in [0.1, 0.15) is 0 Å². The molecule has 0 radical (unpaired) electrons. The van der Waals surface area contributed by atoms with Gasteiger partial charge >= 0.3 is 0 Å². The fraction of sp³-hybridized carbons (Fsp3) is 0.600. The van der Waals surface area contributed by atoms with Gasteiger partial charge in [0.2, 0.25) is 0 Å². The summed E-state index contributed by atoms with van der Waals surface area (Å²) in [5, 5.41) is 3.20. The van der Waals surface area contributed by atoms with Crippen molar-refractivity contribution >= 4 is 9.84 Å². The van der Waals surface area contributed by atoms with Crippen LogP contribution in [0.2, 0.25) is 0 Å². The molecule has 1 aromatic carbocycles. The maximum atomic E-state index is 12.1. The van der Waals surface area contributed by atoms with Crippen LogP contribution in [0.15, 0.2) is 29.2 Å². The molecule has 1 aromatic rings. The van der Waals surface area contributed by atoms with Gasteiger partial charge < -0.3 is 5.32 Å². The fourth-order valence-corrected chi connectivity index (χ4v) is 2.86. The molecule has 0 aliphatic carbocycles. The highest BCUT2D eigenvalue weighted by Gasteiger charge is 2.14. The highest BCUT2D eigenvalue weighted by atomic mass is 32.2. The summed E-state index contributed by atoms with van der Waals surface area (Å²) in [6, 6.07) is 7.03. The monoisotopic (exact) mass is 283 g/mol. The first-order valence-electron chi connectivity index (χ1n) is 6.71. The largest absolute Gasteiger partial charge is 0.316 e. The molecule has 0 amide bonds. The highest BCUT2D eigenvalue weighted by molar-refractivity contribution is 7.91. The molecule has 1 rings (SSSR count). The predicted molar refractivity (Wildman–Crippen MR) is 80.2 cm³/mol. The first-order chi connectivity index (χ1) is 8.71. The second-order valence-corrected chi connectivity index (χ2v) is 8.30. The Bertz CT molecular complexity index is 484. The third-order valence-corrected chi connectivity index (χ3v) is 4.71. The van der Waals surface area contributed by atoms with Crippen molar-refractivity contribution in [1.29, 1.82) is 0 Å². The molecule has 0 bridgehead atoms. The number of aryl methyl sites for hydroxylation is 1. The van der Waals surface area contributed by atoms with Gasteiger partial charge in [-0.1, -0.05) is 38.5 Å². The highest BCUT2D eigenvalue weighted by Crippen LogP contribution is 2.17. The van der Waals surface area contributed by atoms with E-state index in [1.165, 1.54) is 0 Å². The Morgan fingerprint density at radius 3 is 2.16 bits per heavy atom. The molecule has 0 saturated heterocycles. The van der Waals surface area contributed by atoms with Crippen molar-refractivity contribution in [1.82, 2.24) is 5.32 Å². The summed E-state index contributed by atoms with van der Waals surface area (Å²) in [6.07, 6.45) is 1.04. The average Bonchev–Trinajstić information content (AvgIpc) is 2.27. The molecule has 1 N–H and O–H groups in total. The van der Waals surface area contributed by atoms with Gasteiger partial charge in [-0.2, -0.15) is 0 Å². The Balaban J connectivity index is 2.42. The number of rotatable bonds is 6. The summed E-state index contributed by atoms with van der Waals surface area (Å²) in [5.74, 6) is 0.153. The third kappa shape index (κ3) is 6.21. The van der Waals surface area contributed by atoms with Gasteiger partial charge in [0.15, 0.2) is 9.84 Å². The van der Waals surface area contributed by atoms with E-state index in [0.29, 0.717) is 11.4 Å². The second-order valence-electron chi connectivity index (χ2n) is 6.19. The molecular formula is C15H25NO2S. The topological polar surface area (TPSA) is 46.2 Å². The molecule has 0 heterocycles. The van der Waals surface area contributed by atoms with Crippen molar-refractivity contribution in [2.24, 2.45) is 5.41 Å². The summed E-state index contributed by atoms with van der Waals surface area (Å²) in [4.78, 5) is 0.413. The summed E-state index contributed by atoms with van der Waals surface area (Å²) in [6.45, 7) is 9.84. The van der Waals surface area contributed by atoms with E-state index < -0.39 is 9.84 Å². The van der Waals surface area contributed by atoms with Crippen molar-refractivity contribution in [2.75, 3.05) is 18.8 Å². The minimum atomic E-state index is -3.16. The van der Waals surface area contributed by atoms with Crippen molar-refractivity contribution < 1.29 is 8.42 Å². The van der Waals surface area contributed by atoms with Crippen LogP contribution in [0.4, 0.5) is 0 Å². The maximum Gasteiger partial charge on any atom is 0.179 e. The molecule has 0 saturated carbocycles. The Kier molecular flexibility index (Phi) is 5.56. The summed E-state index contributed by atoms with van der Waals surface area (Å²) < 4.78 is 24.1. The van der Waals surface area contributed by atoms with E-state index in [1.807, 2.05) is 19.1 Å². The number of hydrogen-bond acceptors (Lipinski definition) is 3. The molecule has 0 aliphatic heterocycles. The first-order valence-corrected chi connectivity index (χ1v) is 8.36. The van der Waals surface area contributed by atoms with Crippen LogP contribution in [-0.2, 0) is 9.84 Å². The van der Waals surface area contributed by atoms with Crippen LogP contribution in [0, 0.1) is 12.3 Å². The van der Waals surface area contributed by atoms with Crippen LogP contribution in [-0.4, -0.2) is 27.3 Å². The summed E-state index contributed by atoms with van der Waals surface area (Å²) in [7, 11) is -3.16. The molecule has 0 unspecified atom stereocenters. The van der Waals surface area contributed by atoms with Gasteiger partial charge in [-0.05, 0) is 37.4 Å². The van der Waals surface area contributed by atoms with Crippen LogP contribution >= 0.6 is 0 Å². The number of benzene rings is 1. The molecule has 3 nitrogen and oxygen atoms in total. The van der Waals surface area contributed by atoms with Gasteiger partial charge in [-0.15, -0.1) is 0 Å². The number of sulfone groups is 1. The lowest BCUT2D eigenvalue weighted by atomic mass is 9.92. The van der Waals surface area contributed by atoms with E-state index in [9.17, 15) is 8.42 Å². The molecule has 0 spiro atoms. The van der Waals surface area contributed by atoms with Crippen molar-refractivity contribution in [3.63, 3.8) is 0 Å². The summed E-state index contributed by atoms with van der Waals surface area (Å²) >= 11 is 0. The lowest BCUT2D eigenvalue weighted by molar-refractivity contribution is 0.369. The van der Waals surface area contributed by atoms with Crippen molar-refractivity contribution in [3.8, 4) is 0 Å². The van der Waals surface area contributed by atoms with Gasteiger partial charge in [0, 0.05) is 6.54 Å². The van der Waals surface area contributed by atoms with Gasteiger partial charge in [0.25, 0.3) is 0 Å². The van der Waals surface area contributed by atoms with Gasteiger partial charge in [0.05, 0.1) is 10.6 Å². The standard InChI is InChI=1S/C15H25NO2S/c1-13-5-7-14(8-6-13)19(17,18)12-11-16-10-9-15(2,3)4/h5-8,16H,9-12H2,1-4H3. The summed E-state index contributed by atoms with van der Waals surface area (Å²) in [5.41, 5.74) is 1.35. The van der Waals surface area contributed by atoms with Crippen LogP contribution in [0.1, 0.15) is 32.8 Å². The predicted octanol–water partition coefficient (Wildman–Crippen LogP) is 2.79. The normalized spacial score (nSPS) is 12.6. The molecule has 0 aromatic heterocycles. The molecular weight excluding hydrogens is 258 g/mol.